The summed E-state index contributed by atoms with van der Waals surface area (Å²) in [6.07, 6.45) is 7.49. The van der Waals surface area contributed by atoms with Gasteiger partial charge in [0.2, 0.25) is 11.8 Å². The number of amides is 2. The summed E-state index contributed by atoms with van der Waals surface area (Å²) in [7, 11) is 0. The Morgan fingerprint density at radius 2 is 1.00 bits per heavy atom. The molecular formula is C48H56N8O4. The Kier molecular flexibility index (Phi) is 13.4. The highest BCUT2D eigenvalue weighted by atomic mass is 16.2. The van der Waals surface area contributed by atoms with Crippen LogP contribution in [0.3, 0.4) is 0 Å². The van der Waals surface area contributed by atoms with Gasteiger partial charge in [-0.1, -0.05) is 72.8 Å². The normalized spacial score (nSPS) is 19.6. The Labute approximate surface area is 350 Å². The van der Waals surface area contributed by atoms with Crippen LogP contribution in [0.5, 0.6) is 0 Å². The number of anilines is 2. The van der Waals surface area contributed by atoms with Gasteiger partial charge in [-0.25, -0.2) is 0 Å². The van der Waals surface area contributed by atoms with Gasteiger partial charge in [0, 0.05) is 35.4 Å². The summed E-state index contributed by atoms with van der Waals surface area (Å²) in [5.41, 5.74) is 18.0. The van der Waals surface area contributed by atoms with Crippen molar-refractivity contribution in [3.05, 3.63) is 119 Å². The lowest BCUT2D eigenvalue weighted by atomic mass is 9.96. The van der Waals surface area contributed by atoms with E-state index < -0.39 is 12.1 Å². The second kappa shape index (κ2) is 19.2. The zero-order chi connectivity index (χ0) is 42.2. The topological polar surface area (TPSA) is 202 Å². The minimum atomic E-state index is -0.472. The molecule has 2 fully saturated rings. The first kappa shape index (κ1) is 41.8. The largest absolute Gasteiger partial charge is 0.382 e. The Bertz CT molecular complexity index is 2260. The first-order valence-corrected chi connectivity index (χ1v) is 21.2. The van der Waals surface area contributed by atoms with E-state index in [-0.39, 0.29) is 35.2 Å². The Balaban J connectivity index is 0.000000181. The summed E-state index contributed by atoms with van der Waals surface area (Å²) in [5.74, 6) is 1.88. The van der Waals surface area contributed by atoms with Gasteiger partial charge in [0.05, 0.1) is 23.1 Å². The third-order valence-electron chi connectivity index (χ3n) is 12.5. The zero-order valence-corrected chi connectivity index (χ0v) is 34.5. The number of aryl methyl sites for hydroxylation is 2. The number of H-pyrrole nitrogens is 2. The molecule has 312 valence electrons. The number of nitrogens with two attached hydrogens (primary N) is 2. The molecule has 8 N–H and O–H groups in total. The van der Waals surface area contributed by atoms with Crippen LogP contribution in [-0.4, -0.2) is 55.9 Å². The summed E-state index contributed by atoms with van der Waals surface area (Å²) < 4.78 is 0. The Morgan fingerprint density at radius 1 is 0.600 bits per heavy atom. The molecule has 4 aromatic carbocycles. The van der Waals surface area contributed by atoms with Gasteiger partial charge in [-0.3, -0.25) is 29.4 Å². The van der Waals surface area contributed by atoms with Crippen LogP contribution >= 0.6 is 0 Å². The summed E-state index contributed by atoms with van der Waals surface area (Å²) in [4.78, 5) is 50.5. The molecule has 12 nitrogen and oxygen atoms in total. The molecule has 0 unspecified atom stereocenters. The molecule has 2 heterocycles. The van der Waals surface area contributed by atoms with Crippen molar-refractivity contribution in [1.82, 2.24) is 31.0 Å². The number of nitrogens with one attached hydrogen (secondary N) is 4. The molecule has 8 rings (SSSR count). The number of fused-ring (bicyclic) bond motifs is 2. The number of aromatic nitrogens is 4. The third kappa shape index (κ3) is 10.3. The Morgan fingerprint density at radius 3 is 1.40 bits per heavy atom. The zero-order valence-electron chi connectivity index (χ0n) is 34.5. The number of benzene rings is 4. The minimum absolute atomic E-state index is 0.00337. The molecule has 0 spiro atoms. The van der Waals surface area contributed by atoms with E-state index in [1.807, 2.05) is 72.8 Å². The number of nitrogens with zero attached hydrogens (tertiary/aromatic N) is 2. The molecule has 60 heavy (non-hydrogen) atoms. The van der Waals surface area contributed by atoms with Crippen molar-refractivity contribution in [2.24, 2.45) is 11.8 Å². The maximum atomic E-state index is 12.7. The van der Waals surface area contributed by atoms with E-state index in [2.05, 4.69) is 55.3 Å². The average Bonchev–Trinajstić information content (AvgIpc) is 4.10. The predicted octanol–water partition coefficient (Wildman–Crippen LogP) is 7.47. The maximum Gasteiger partial charge on any atom is 0.223 e. The van der Waals surface area contributed by atoms with E-state index >= 15 is 0 Å². The molecule has 6 aromatic rings. The number of carbonyl (C=O) groups excluding carboxylic acids is 4. The maximum absolute atomic E-state index is 12.7. The van der Waals surface area contributed by atoms with Crippen molar-refractivity contribution < 1.29 is 19.2 Å². The summed E-state index contributed by atoms with van der Waals surface area (Å²) in [6.45, 7) is 3.56. The van der Waals surface area contributed by atoms with E-state index in [0.717, 1.165) is 71.5 Å². The first-order chi connectivity index (χ1) is 29.0. The molecule has 0 bridgehead atoms. The number of nitrogen functional groups attached to an aromatic ring is 2. The second-order valence-electron chi connectivity index (χ2n) is 16.6. The number of hydrogen-bond acceptors (Lipinski definition) is 8. The van der Waals surface area contributed by atoms with Crippen molar-refractivity contribution in [3.8, 4) is 0 Å². The first-order valence-electron chi connectivity index (χ1n) is 21.2. The number of ketones is 2. The monoisotopic (exact) mass is 808 g/mol. The van der Waals surface area contributed by atoms with Gasteiger partial charge >= 0.3 is 0 Å². The van der Waals surface area contributed by atoms with E-state index in [9.17, 15) is 19.2 Å². The number of hydrogen-bond donors (Lipinski definition) is 6. The molecule has 0 saturated heterocycles. The van der Waals surface area contributed by atoms with Crippen molar-refractivity contribution in [2.75, 3.05) is 11.5 Å². The van der Waals surface area contributed by atoms with Crippen LogP contribution in [0, 0.1) is 11.8 Å². The predicted molar refractivity (Wildman–Crippen MR) is 236 cm³/mol. The molecule has 2 aliphatic rings. The van der Waals surface area contributed by atoms with Crippen LogP contribution in [0.15, 0.2) is 97.1 Å². The summed E-state index contributed by atoms with van der Waals surface area (Å²) in [6, 6.07) is 31.5. The molecule has 2 aromatic heterocycles. The number of aromatic amines is 2. The molecule has 2 saturated carbocycles. The van der Waals surface area contributed by atoms with Crippen LogP contribution in [0.4, 0.5) is 11.6 Å². The van der Waals surface area contributed by atoms with Crippen molar-refractivity contribution >= 4 is 56.8 Å². The number of rotatable bonds is 14. The fourth-order valence-corrected chi connectivity index (χ4v) is 8.77. The van der Waals surface area contributed by atoms with Gasteiger partial charge in [-0.2, -0.15) is 10.2 Å². The minimum Gasteiger partial charge on any atom is -0.382 e. The van der Waals surface area contributed by atoms with E-state index in [0.29, 0.717) is 49.2 Å². The highest BCUT2D eigenvalue weighted by molar-refractivity contribution is 5.92. The van der Waals surface area contributed by atoms with Crippen molar-refractivity contribution in [3.63, 3.8) is 0 Å². The Hall–Kier alpha value is -6.30. The van der Waals surface area contributed by atoms with Gasteiger partial charge in [0.15, 0.2) is 23.2 Å². The third-order valence-corrected chi connectivity index (χ3v) is 12.5. The van der Waals surface area contributed by atoms with E-state index in [1.165, 1.54) is 11.1 Å². The van der Waals surface area contributed by atoms with Gasteiger partial charge in [0.1, 0.15) is 0 Å². The SMILES string of the molecule is C[C@H](NC(=O)[C@@H]1CC[C@@H](c2ccccc2)C1)C(=O)CCc1ccc2c(N)n[nH]c2c1.C[C@H](NC(=O)[C@@H]1CC[C@@H](c2ccccc2)C1)C(=O)CCc1ccc2c(N)n[nH]c2c1. The van der Waals surface area contributed by atoms with Crippen LogP contribution in [0.25, 0.3) is 21.8 Å². The standard InChI is InChI=1S/2C24H28N4O2/c2*1-15(22(29)12-8-16-7-11-20-21(13-16)27-28-23(20)25)26-24(30)19-10-9-18(14-19)17-5-3-2-4-6-17/h2*2-7,11,13,15,18-19H,8-10,12,14H2,1H3,(H,26,30)(H3,25,27,28)/t2*15-,18+,19+/m00/s1. The average molecular weight is 809 g/mol. The van der Waals surface area contributed by atoms with E-state index in [4.69, 9.17) is 11.5 Å². The number of Topliss-reactive ketones (excluding diaryl/α,β-unsaturated/α-hetero) is 2. The fraction of sp³-hybridized carbons (Fsp3) is 0.375. The molecule has 2 amide bonds. The van der Waals surface area contributed by atoms with Crippen LogP contribution in [0.1, 0.15) is 99.3 Å². The molecule has 0 radical (unpaired) electrons. The lowest BCUT2D eigenvalue weighted by Crippen LogP contribution is -2.41. The quantitative estimate of drug-likeness (QED) is 0.0650. The summed E-state index contributed by atoms with van der Waals surface area (Å²) >= 11 is 0. The lowest BCUT2D eigenvalue weighted by molar-refractivity contribution is -0.129. The van der Waals surface area contributed by atoms with Crippen LogP contribution in [-0.2, 0) is 32.0 Å². The number of carbonyl (C=O) groups is 4. The fourth-order valence-electron chi connectivity index (χ4n) is 8.77. The van der Waals surface area contributed by atoms with Gasteiger partial charge in [0.25, 0.3) is 0 Å². The van der Waals surface area contributed by atoms with Gasteiger partial charge < -0.3 is 22.1 Å². The highest BCUT2D eigenvalue weighted by Crippen LogP contribution is 2.39. The summed E-state index contributed by atoms with van der Waals surface area (Å²) in [5, 5.41) is 21.4. The van der Waals surface area contributed by atoms with E-state index in [1.54, 1.807) is 13.8 Å². The molecule has 12 heteroatoms. The molecule has 6 atom stereocenters. The highest BCUT2D eigenvalue weighted by Gasteiger charge is 2.33. The van der Waals surface area contributed by atoms with Crippen molar-refractivity contribution in [1.29, 1.82) is 0 Å². The van der Waals surface area contributed by atoms with Gasteiger partial charge in [-0.05, 0) is 124 Å². The molecular weight excluding hydrogens is 753 g/mol. The van der Waals surface area contributed by atoms with Crippen molar-refractivity contribution in [2.45, 2.75) is 102 Å². The molecule has 0 aliphatic heterocycles. The lowest BCUT2D eigenvalue weighted by Gasteiger charge is -2.17. The second-order valence-corrected chi connectivity index (χ2v) is 16.6. The van der Waals surface area contributed by atoms with Crippen LogP contribution in [0.2, 0.25) is 0 Å². The van der Waals surface area contributed by atoms with Crippen LogP contribution < -0.4 is 22.1 Å². The molecule has 2 aliphatic carbocycles. The van der Waals surface area contributed by atoms with Gasteiger partial charge in [-0.15, -0.1) is 0 Å². The smallest absolute Gasteiger partial charge is 0.223 e.